The molecule has 12 heteroatoms. The lowest BCUT2D eigenvalue weighted by molar-refractivity contribution is -0.118. The molecule has 0 radical (unpaired) electrons. The average molecular weight is 516 g/mol. The monoisotopic (exact) mass is 515 g/mol. The van der Waals surface area contributed by atoms with Gasteiger partial charge in [0.25, 0.3) is 10.0 Å². The van der Waals surface area contributed by atoms with Crippen molar-refractivity contribution in [3.63, 3.8) is 0 Å². The second-order valence-corrected chi connectivity index (χ2v) is 11.4. The largest absolute Gasteiger partial charge is 0.390 e. The Kier molecular flexibility index (Phi) is 8.53. The summed E-state index contributed by atoms with van der Waals surface area (Å²) in [6.07, 6.45) is -0.0834. The molecule has 0 bridgehead atoms. The smallest absolute Gasteiger partial charge is 0.275 e. The van der Waals surface area contributed by atoms with Gasteiger partial charge in [-0.05, 0) is 42.9 Å². The number of hydrogen-bond donors (Lipinski definition) is 3. The molecule has 0 saturated carbocycles. The van der Waals surface area contributed by atoms with E-state index in [9.17, 15) is 37.5 Å². The van der Waals surface area contributed by atoms with Gasteiger partial charge in [-0.1, -0.05) is 27.2 Å². The molecule has 1 heterocycles. The molecule has 34 heavy (non-hydrogen) atoms. The number of halogens is 2. The van der Waals surface area contributed by atoms with Crippen LogP contribution in [0.5, 0.6) is 0 Å². The fraction of sp³-hybridized carbons (Fsp3) is 0.500. The topological polar surface area (TPSA) is 140 Å². The van der Waals surface area contributed by atoms with Crippen molar-refractivity contribution in [3.05, 3.63) is 44.6 Å². The van der Waals surface area contributed by atoms with E-state index in [1.807, 2.05) is 4.72 Å². The number of nitriles is 1. The summed E-state index contributed by atoms with van der Waals surface area (Å²) in [6.45, 7) is 7.01. The molecule has 1 aromatic carbocycles. The molecule has 1 aromatic heterocycles. The van der Waals surface area contributed by atoms with E-state index in [0.717, 1.165) is 0 Å². The van der Waals surface area contributed by atoms with Gasteiger partial charge < -0.3 is 10.2 Å². The highest BCUT2D eigenvalue weighted by Crippen LogP contribution is 2.33. The van der Waals surface area contributed by atoms with Gasteiger partial charge >= 0.3 is 0 Å². The van der Waals surface area contributed by atoms with Gasteiger partial charge in [-0.15, -0.1) is 11.3 Å². The summed E-state index contributed by atoms with van der Waals surface area (Å²) in [4.78, 5) is 16.7. The number of aliphatic hydroxyl groups excluding tert-OH is 1. The van der Waals surface area contributed by atoms with Gasteiger partial charge in [0.15, 0.2) is 4.21 Å². The zero-order valence-corrected chi connectivity index (χ0v) is 21.1. The third kappa shape index (κ3) is 5.60. The van der Waals surface area contributed by atoms with E-state index < -0.39 is 61.9 Å². The molecule has 0 unspecified atom stereocenters. The number of aromatic nitrogens is 1. The Morgan fingerprint density at radius 1 is 1.26 bits per heavy atom. The Morgan fingerprint density at radius 2 is 1.88 bits per heavy atom. The Morgan fingerprint density at radius 3 is 2.35 bits per heavy atom. The van der Waals surface area contributed by atoms with Crippen molar-refractivity contribution >= 4 is 27.3 Å². The molecule has 0 atom stereocenters. The van der Waals surface area contributed by atoms with Crippen LogP contribution >= 0.6 is 11.3 Å². The Bertz CT molecular complexity index is 1240. The summed E-state index contributed by atoms with van der Waals surface area (Å²) in [6, 6.07) is 1.53. The van der Waals surface area contributed by atoms with Gasteiger partial charge in [0.05, 0.1) is 18.7 Å². The van der Waals surface area contributed by atoms with Crippen LogP contribution in [0.1, 0.15) is 79.9 Å². The maximum absolute atomic E-state index is 15.0. The number of nitrogens with zero attached hydrogens (tertiary/aromatic N) is 2. The van der Waals surface area contributed by atoms with E-state index in [4.69, 9.17) is 0 Å². The molecule has 186 valence electrons. The molecule has 2 rings (SSSR count). The maximum atomic E-state index is 15.0. The lowest BCUT2D eigenvalue weighted by atomic mass is 9.86. The van der Waals surface area contributed by atoms with Crippen molar-refractivity contribution in [2.75, 3.05) is 0 Å². The number of nitrogens with one attached hydrogen (secondary N) is 1. The quantitative estimate of drug-likeness (QED) is 0.466. The first-order valence-electron chi connectivity index (χ1n) is 10.5. The fourth-order valence-corrected chi connectivity index (χ4v) is 6.02. The highest BCUT2D eigenvalue weighted by Gasteiger charge is 2.32. The van der Waals surface area contributed by atoms with Gasteiger partial charge in [0.2, 0.25) is 5.91 Å². The van der Waals surface area contributed by atoms with Crippen molar-refractivity contribution in [2.45, 2.75) is 76.2 Å². The standard InChI is InChI=1S/C22H27F2N3O5S2/c1-6-7-12-13(17(11(2)3)19(24)14(9-25)18(12)23)8-16(29)27-34(31,32)20-15(10-28)26-21(33-20)22(4,5)30/h11,28,30H,6-8,10H2,1-5H3,(H,27,29). The summed E-state index contributed by atoms with van der Waals surface area (Å²) in [5.41, 5.74) is -2.48. The van der Waals surface area contributed by atoms with E-state index in [0.29, 0.717) is 17.8 Å². The highest BCUT2D eigenvalue weighted by atomic mass is 32.2. The minimum Gasteiger partial charge on any atom is -0.390 e. The first-order chi connectivity index (χ1) is 15.7. The van der Waals surface area contributed by atoms with Gasteiger partial charge in [0.1, 0.15) is 33.9 Å². The predicted octanol–water partition coefficient (Wildman–Crippen LogP) is 3.14. The van der Waals surface area contributed by atoms with Gasteiger partial charge in [-0.3, -0.25) is 4.79 Å². The van der Waals surface area contributed by atoms with Gasteiger partial charge in [0, 0.05) is 0 Å². The minimum absolute atomic E-state index is 0.00224. The lowest BCUT2D eigenvalue weighted by Gasteiger charge is -2.20. The van der Waals surface area contributed by atoms with Crippen LogP contribution in [0, 0.1) is 23.0 Å². The van der Waals surface area contributed by atoms with Crippen LogP contribution in [0.25, 0.3) is 0 Å². The van der Waals surface area contributed by atoms with E-state index in [-0.39, 0.29) is 33.8 Å². The summed E-state index contributed by atoms with van der Waals surface area (Å²) in [7, 11) is -4.51. The number of benzene rings is 1. The van der Waals surface area contributed by atoms with Crippen LogP contribution in [0.2, 0.25) is 0 Å². The van der Waals surface area contributed by atoms with Crippen molar-refractivity contribution < 1.29 is 32.2 Å². The Hall–Kier alpha value is -2.46. The van der Waals surface area contributed by atoms with Crippen molar-refractivity contribution in [3.8, 4) is 6.07 Å². The van der Waals surface area contributed by atoms with Gasteiger partial charge in [-0.25, -0.2) is 26.9 Å². The molecule has 0 saturated heterocycles. The zero-order chi connectivity index (χ0) is 26.0. The van der Waals surface area contributed by atoms with Crippen molar-refractivity contribution in [2.24, 2.45) is 0 Å². The summed E-state index contributed by atoms with van der Waals surface area (Å²) >= 11 is 0.596. The molecule has 3 N–H and O–H groups in total. The normalized spacial score (nSPS) is 12.1. The van der Waals surface area contributed by atoms with Crippen LogP contribution in [0.4, 0.5) is 8.78 Å². The fourth-order valence-electron chi connectivity index (χ4n) is 3.52. The molecule has 0 aliphatic heterocycles. The molecular weight excluding hydrogens is 488 g/mol. The SMILES string of the molecule is CCCc1c(F)c(C#N)c(F)c(C(C)C)c1CC(=O)NS(=O)(=O)c1sc(C(C)(C)O)nc1CO. The predicted molar refractivity (Wildman–Crippen MR) is 121 cm³/mol. The van der Waals surface area contributed by atoms with Crippen LogP contribution in [-0.4, -0.2) is 29.5 Å². The van der Waals surface area contributed by atoms with Crippen molar-refractivity contribution in [1.82, 2.24) is 9.71 Å². The number of thiazole rings is 1. The lowest BCUT2D eigenvalue weighted by Crippen LogP contribution is -2.32. The minimum atomic E-state index is -4.51. The third-order valence-electron chi connectivity index (χ3n) is 4.98. The maximum Gasteiger partial charge on any atom is 0.275 e. The van der Waals surface area contributed by atoms with Crippen molar-refractivity contribution in [1.29, 1.82) is 5.26 Å². The molecule has 2 aromatic rings. The Labute approximate surface area is 201 Å². The number of hydrogen-bond acceptors (Lipinski definition) is 8. The van der Waals surface area contributed by atoms with E-state index >= 15 is 0 Å². The van der Waals surface area contributed by atoms with E-state index in [2.05, 4.69) is 4.98 Å². The third-order valence-corrected chi connectivity index (χ3v) is 8.32. The molecule has 0 aliphatic carbocycles. The second-order valence-electron chi connectivity index (χ2n) is 8.57. The van der Waals surface area contributed by atoms with Gasteiger partial charge in [-0.2, -0.15) is 5.26 Å². The summed E-state index contributed by atoms with van der Waals surface area (Å²) < 4.78 is 57.0. The molecular formula is C22H27F2N3O5S2. The molecule has 0 aliphatic rings. The number of amides is 1. The molecule has 0 fully saturated rings. The first kappa shape index (κ1) is 27.8. The van der Waals surface area contributed by atoms with Crippen LogP contribution in [0.3, 0.4) is 0 Å². The number of rotatable bonds is 9. The number of carbonyl (C=O) groups excluding carboxylic acids is 1. The van der Waals surface area contributed by atoms with E-state index in [1.54, 1.807) is 20.8 Å². The highest BCUT2D eigenvalue weighted by molar-refractivity contribution is 7.92. The molecule has 8 nitrogen and oxygen atoms in total. The van der Waals surface area contributed by atoms with Crippen LogP contribution in [0.15, 0.2) is 4.21 Å². The van der Waals surface area contributed by atoms with Crippen LogP contribution in [-0.2, 0) is 39.9 Å². The zero-order valence-electron chi connectivity index (χ0n) is 19.5. The number of aliphatic hydroxyl groups is 2. The number of sulfonamides is 1. The Balaban J connectivity index is 2.53. The summed E-state index contributed by atoms with van der Waals surface area (Å²) in [5, 5.41) is 28.9. The summed E-state index contributed by atoms with van der Waals surface area (Å²) in [5.74, 6) is -3.69. The average Bonchev–Trinajstić information content (AvgIpc) is 3.16. The number of carbonyl (C=O) groups is 1. The first-order valence-corrected chi connectivity index (χ1v) is 12.8. The molecule has 0 spiro atoms. The second kappa shape index (κ2) is 10.4. The molecule has 1 amide bonds. The van der Waals surface area contributed by atoms with E-state index in [1.165, 1.54) is 19.9 Å². The van der Waals surface area contributed by atoms with Crippen LogP contribution < -0.4 is 4.72 Å².